The van der Waals surface area contributed by atoms with Crippen molar-refractivity contribution in [1.82, 2.24) is 15.6 Å². The van der Waals surface area contributed by atoms with E-state index in [1.54, 1.807) is 27.5 Å². The van der Waals surface area contributed by atoms with Crippen molar-refractivity contribution < 1.29 is 14.2 Å². The van der Waals surface area contributed by atoms with E-state index in [1.807, 2.05) is 30.3 Å². The highest BCUT2D eigenvalue weighted by Crippen LogP contribution is 2.30. The third-order valence-corrected chi connectivity index (χ3v) is 4.90. The van der Waals surface area contributed by atoms with Crippen molar-refractivity contribution in [2.75, 3.05) is 27.9 Å². The van der Waals surface area contributed by atoms with Gasteiger partial charge in [-0.15, -0.1) is 24.0 Å². The highest BCUT2D eigenvalue weighted by molar-refractivity contribution is 14.0. The summed E-state index contributed by atoms with van der Waals surface area (Å²) in [6, 6.07) is 9.67. The number of nitrogens with one attached hydrogen (secondary N) is 2. The van der Waals surface area contributed by atoms with Gasteiger partial charge in [0.05, 0.1) is 26.9 Å². The van der Waals surface area contributed by atoms with Gasteiger partial charge in [0.25, 0.3) is 0 Å². The number of nitrogens with zero attached hydrogens (tertiary/aromatic N) is 2. The molecule has 2 N–H and O–H groups in total. The van der Waals surface area contributed by atoms with Gasteiger partial charge >= 0.3 is 0 Å². The van der Waals surface area contributed by atoms with Crippen molar-refractivity contribution in [3.8, 4) is 17.4 Å². The monoisotopic (exact) mass is 526 g/mol. The molecule has 0 spiro atoms. The van der Waals surface area contributed by atoms with Crippen LogP contribution < -0.4 is 24.8 Å². The molecule has 0 radical (unpaired) electrons. The first-order valence-corrected chi connectivity index (χ1v) is 9.89. The van der Waals surface area contributed by atoms with Crippen LogP contribution in [-0.4, -0.2) is 38.8 Å². The molecule has 1 aliphatic carbocycles. The lowest BCUT2D eigenvalue weighted by Gasteiger charge is -2.21. The van der Waals surface area contributed by atoms with E-state index in [-0.39, 0.29) is 30.0 Å². The lowest BCUT2D eigenvalue weighted by atomic mass is 10.1. The Bertz CT molecular complexity index is 843. The van der Waals surface area contributed by atoms with Crippen molar-refractivity contribution >= 4 is 29.9 Å². The van der Waals surface area contributed by atoms with E-state index in [1.165, 1.54) is 12.8 Å². The number of rotatable bonds is 9. The normalized spacial score (nSPS) is 14.3. The fourth-order valence-corrected chi connectivity index (χ4v) is 2.97. The molecule has 0 amide bonds. The zero-order valence-corrected chi connectivity index (χ0v) is 20.3. The van der Waals surface area contributed by atoms with E-state index in [4.69, 9.17) is 14.2 Å². The summed E-state index contributed by atoms with van der Waals surface area (Å²) in [4.78, 5) is 8.62. The number of hydrogen-bond donors (Lipinski definition) is 2. The van der Waals surface area contributed by atoms with Gasteiger partial charge in [0.1, 0.15) is 11.5 Å². The fourth-order valence-electron chi connectivity index (χ4n) is 2.97. The van der Waals surface area contributed by atoms with E-state index in [2.05, 4.69) is 27.5 Å². The fraction of sp³-hybridized carbons (Fsp3) is 0.455. The lowest BCUT2D eigenvalue weighted by Crippen LogP contribution is -2.38. The smallest absolute Gasteiger partial charge is 0.213 e. The van der Waals surface area contributed by atoms with Gasteiger partial charge in [0, 0.05) is 31.4 Å². The highest BCUT2D eigenvalue weighted by Gasteiger charge is 2.22. The maximum Gasteiger partial charge on any atom is 0.213 e. The van der Waals surface area contributed by atoms with Crippen molar-refractivity contribution in [2.45, 2.75) is 32.4 Å². The third kappa shape index (κ3) is 6.93. The topological polar surface area (TPSA) is 77.0 Å². The Morgan fingerprint density at radius 3 is 2.67 bits per heavy atom. The first-order chi connectivity index (χ1) is 14.1. The number of ether oxygens (including phenoxy) is 3. The summed E-state index contributed by atoms with van der Waals surface area (Å²) < 4.78 is 16.6. The maximum atomic E-state index is 5.76. The predicted octanol–water partition coefficient (Wildman–Crippen LogP) is 3.93. The van der Waals surface area contributed by atoms with Crippen LogP contribution in [0.3, 0.4) is 0 Å². The summed E-state index contributed by atoms with van der Waals surface area (Å²) in [6.45, 7) is 3.43. The summed E-state index contributed by atoms with van der Waals surface area (Å²) in [7, 11) is 5.07. The Balaban J connectivity index is 0.00000320. The Morgan fingerprint density at radius 2 is 2.00 bits per heavy atom. The Morgan fingerprint density at radius 1 is 1.20 bits per heavy atom. The molecule has 2 aromatic rings. The number of halogens is 1. The van der Waals surface area contributed by atoms with E-state index in [9.17, 15) is 0 Å². The molecule has 0 aliphatic heterocycles. The number of methoxy groups -OCH3 is 2. The average Bonchev–Trinajstić information content (AvgIpc) is 3.59. The summed E-state index contributed by atoms with van der Waals surface area (Å²) in [5.41, 5.74) is 2.08. The van der Waals surface area contributed by atoms with Crippen LogP contribution in [0.25, 0.3) is 0 Å². The summed E-state index contributed by atoms with van der Waals surface area (Å²) >= 11 is 0. The molecule has 1 aromatic heterocycles. The molecule has 0 saturated heterocycles. The van der Waals surface area contributed by atoms with Gasteiger partial charge in [-0.2, -0.15) is 0 Å². The SMILES string of the molecule is CN=C(NCc1ccnc(OCC2CC2)c1)NC(C)c1cc(OC)ccc1OC.I. The summed E-state index contributed by atoms with van der Waals surface area (Å²) in [5, 5.41) is 6.74. The quantitative estimate of drug-likeness (QED) is 0.293. The number of pyridine rings is 1. The van der Waals surface area contributed by atoms with E-state index in [0.29, 0.717) is 24.3 Å². The van der Waals surface area contributed by atoms with E-state index in [0.717, 1.165) is 29.2 Å². The second-order valence-electron chi connectivity index (χ2n) is 7.16. The first kappa shape index (κ1) is 24.0. The van der Waals surface area contributed by atoms with Crippen LogP contribution in [0.2, 0.25) is 0 Å². The van der Waals surface area contributed by atoms with Gasteiger partial charge < -0.3 is 24.8 Å². The molecule has 1 atom stereocenters. The summed E-state index contributed by atoms with van der Waals surface area (Å²) in [5.74, 6) is 3.66. The maximum absolute atomic E-state index is 5.76. The number of aromatic nitrogens is 1. The highest BCUT2D eigenvalue weighted by atomic mass is 127. The molecule has 1 saturated carbocycles. The molecule has 1 fully saturated rings. The lowest BCUT2D eigenvalue weighted by molar-refractivity contribution is 0.288. The first-order valence-electron chi connectivity index (χ1n) is 9.89. The van der Waals surface area contributed by atoms with Crippen LogP contribution >= 0.6 is 24.0 Å². The predicted molar refractivity (Wildman–Crippen MR) is 129 cm³/mol. The van der Waals surface area contributed by atoms with Gasteiger partial charge in [-0.3, -0.25) is 4.99 Å². The molecule has 8 heteroatoms. The summed E-state index contributed by atoms with van der Waals surface area (Å²) in [6.07, 6.45) is 4.30. The molecular weight excluding hydrogens is 495 g/mol. The molecule has 1 aliphatic rings. The van der Waals surface area contributed by atoms with Crippen molar-refractivity contribution in [3.63, 3.8) is 0 Å². The Kier molecular flexibility index (Phi) is 9.48. The number of benzene rings is 1. The van der Waals surface area contributed by atoms with Crippen LogP contribution in [0.15, 0.2) is 41.5 Å². The zero-order chi connectivity index (χ0) is 20.6. The molecule has 164 valence electrons. The molecule has 3 rings (SSSR count). The number of hydrogen-bond acceptors (Lipinski definition) is 5. The van der Waals surface area contributed by atoms with Gasteiger partial charge in [-0.25, -0.2) is 4.98 Å². The van der Waals surface area contributed by atoms with Gasteiger partial charge in [-0.1, -0.05) is 0 Å². The van der Waals surface area contributed by atoms with Gasteiger partial charge in [0.2, 0.25) is 5.88 Å². The van der Waals surface area contributed by atoms with Crippen molar-refractivity contribution in [2.24, 2.45) is 10.9 Å². The third-order valence-electron chi connectivity index (χ3n) is 4.90. The standard InChI is InChI=1S/C22H30N4O3.HI/c1-15(19-12-18(27-3)7-8-20(19)28-4)26-22(23-2)25-13-17-9-10-24-21(11-17)29-14-16-5-6-16;/h7-12,15-16H,5-6,13-14H2,1-4H3,(H2,23,25,26);1H. The average molecular weight is 526 g/mol. The Hall–Kier alpha value is -2.23. The molecule has 1 unspecified atom stereocenters. The second kappa shape index (κ2) is 11.8. The molecule has 30 heavy (non-hydrogen) atoms. The minimum absolute atomic E-state index is 0. The van der Waals surface area contributed by atoms with Crippen LogP contribution in [0, 0.1) is 5.92 Å². The van der Waals surface area contributed by atoms with Crippen molar-refractivity contribution in [1.29, 1.82) is 0 Å². The molecule has 1 heterocycles. The zero-order valence-electron chi connectivity index (χ0n) is 18.0. The number of aliphatic imine (C=N–C) groups is 1. The van der Waals surface area contributed by atoms with Crippen LogP contribution in [0.1, 0.15) is 36.9 Å². The number of guanidine groups is 1. The van der Waals surface area contributed by atoms with Crippen LogP contribution in [0.5, 0.6) is 17.4 Å². The molecule has 7 nitrogen and oxygen atoms in total. The van der Waals surface area contributed by atoms with Crippen LogP contribution in [0.4, 0.5) is 0 Å². The molecule has 1 aromatic carbocycles. The largest absolute Gasteiger partial charge is 0.497 e. The van der Waals surface area contributed by atoms with E-state index >= 15 is 0 Å². The van der Waals surface area contributed by atoms with Gasteiger partial charge in [-0.05, 0) is 55.5 Å². The molecule has 0 bridgehead atoms. The van der Waals surface area contributed by atoms with Crippen LogP contribution in [-0.2, 0) is 6.54 Å². The van der Waals surface area contributed by atoms with Gasteiger partial charge in [0.15, 0.2) is 5.96 Å². The minimum atomic E-state index is -0.0267. The second-order valence-corrected chi connectivity index (χ2v) is 7.16. The minimum Gasteiger partial charge on any atom is -0.497 e. The molecular formula is C22H31IN4O3. The van der Waals surface area contributed by atoms with Crippen molar-refractivity contribution in [3.05, 3.63) is 47.7 Å². The van der Waals surface area contributed by atoms with E-state index < -0.39 is 0 Å². The Labute approximate surface area is 195 Å².